The maximum absolute atomic E-state index is 11.7. The lowest BCUT2D eigenvalue weighted by molar-refractivity contribution is -0.167. The van der Waals surface area contributed by atoms with E-state index in [9.17, 15) is 9.59 Å². The molecule has 0 aliphatic heterocycles. The second kappa shape index (κ2) is 6.47. The zero-order valence-electron chi connectivity index (χ0n) is 12.1. The molecule has 1 unspecified atom stereocenters. The first-order valence-electron chi connectivity index (χ1n) is 6.49. The molecule has 21 heavy (non-hydrogen) atoms. The summed E-state index contributed by atoms with van der Waals surface area (Å²) in [7, 11) is 3.11. The zero-order chi connectivity index (χ0) is 15.4. The third-order valence-electron chi connectivity index (χ3n) is 3.14. The molecule has 7 heteroatoms. The molecule has 1 heterocycles. The van der Waals surface area contributed by atoms with Crippen molar-refractivity contribution in [2.45, 2.75) is 13.1 Å². The average Bonchev–Trinajstić information content (AvgIpc) is 2.91. The summed E-state index contributed by atoms with van der Waals surface area (Å²) in [5.41, 5.74) is 1.18. The Morgan fingerprint density at radius 2 is 2.29 bits per heavy atom. The van der Waals surface area contributed by atoms with Gasteiger partial charge in [-0.05, 0) is 25.1 Å². The van der Waals surface area contributed by atoms with Gasteiger partial charge in [-0.3, -0.25) is 4.79 Å². The van der Waals surface area contributed by atoms with Crippen LogP contribution in [0.1, 0.15) is 23.4 Å². The van der Waals surface area contributed by atoms with E-state index in [4.69, 9.17) is 9.57 Å². The first-order valence-corrected chi connectivity index (χ1v) is 6.49. The fourth-order valence-corrected chi connectivity index (χ4v) is 2.01. The van der Waals surface area contributed by atoms with Gasteiger partial charge in [-0.2, -0.15) is 10.2 Å². The molecule has 0 saturated heterocycles. The molecule has 2 aromatic rings. The molecule has 0 bridgehead atoms. The number of hydrogen-bond donors (Lipinski definition) is 0. The van der Waals surface area contributed by atoms with E-state index < -0.39 is 6.17 Å². The van der Waals surface area contributed by atoms with Crippen molar-refractivity contribution in [3.8, 4) is 0 Å². The van der Waals surface area contributed by atoms with Crippen LogP contribution in [0.3, 0.4) is 0 Å². The lowest BCUT2D eigenvalue weighted by atomic mass is 10.1. The standard InChI is InChI=1S/C14H17N3O4/c1-4-21-14(19)10-5-6-12-11(7-10)8-15-17(12)13(9-18)16(2)20-3/h5-9,13H,4H2,1-3H3. The molecule has 1 aromatic heterocycles. The van der Waals surface area contributed by atoms with Crippen LogP contribution in [0.2, 0.25) is 0 Å². The topological polar surface area (TPSA) is 73.7 Å². The number of fused-ring (bicyclic) bond motifs is 1. The summed E-state index contributed by atoms with van der Waals surface area (Å²) in [6, 6.07) is 5.06. The zero-order valence-corrected chi connectivity index (χ0v) is 12.1. The van der Waals surface area contributed by atoms with Gasteiger partial charge in [-0.1, -0.05) is 0 Å². The number of carbonyl (C=O) groups is 2. The first kappa shape index (κ1) is 15.1. The Labute approximate surface area is 122 Å². The van der Waals surface area contributed by atoms with Crippen LogP contribution in [-0.2, 0) is 14.4 Å². The Morgan fingerprint density at radius 1 is 1.52 bits per heavy atom. The molecule has 1 atom stereocenters. The van der Waals surface area contributed by atoms with Crippen molar-refractivity contribution in [2.24, 2.45) is 0 Å². The quantitative estimate of drug-likeness (QED) is 0.455. The molecule has 0 spiro atoms. The van der Waals surface area contributed by atoms with Crippen LogP contribution in [0.25, 0.3) is 10.9 Å². The van der Waals surface area contributed by atoms with Gasteiger partial charge >= 0.3 is 5.97 Å². The van der Waals surface area contributed by atoms with Crippen LogP contribution in [0.15, 0.2) is 24.4 Å². The number of esters is 1. The minimum atomic E-state index is -0.680. The van der Waals surface area contributed by atoms with Gasteiger partial charge in [-0.25, -0.2) is 9.48 Å². The maximum atomic E-state index is 11.7. The molecule has 0 radical (unpaired) electrons. The lowest BCUT2D eigenvalue weighted by Gasteiger charge is -2.21. The van der Waals surface area contributed by atoms with Gasteiger partial charge < -0.3 is 9.57 Å². The molecule has 2 rings (SSSR count). The number of aromatic nitrogens is 2. The van der Waals surface area contributed by atoms with Gasteiger partial charge in [0.15, 0.2) is 12.5 Å². The molecule has 0 amide bonds. The van der Waals surface area contributed by atoms with Crippen molar-refractivity contribution < 1.29 is 19.2 Å². The van der Waals surface area contributed by atoms with Crippen molar-refractivity contribution in [3.63, 3.8) is 0 Å². The summed E-state index contributed by atoms with van der Waals surface area (Å²) in [6.07, 6.45) is 1.65. The highest BCUT2D eigenvalue weighted by Crippen LogP contribution is 2.20. The van der Waals surface area contributed by atoms with E-state index in [0.29, 0.717) is 12.2 Å². The minimum Gasteiger partial charge on any atom is -0.462 e. The number of benzene rings is 1. The Hall–Kier alpha value is -2.25. The number of aldehydes is 1. The molecule has 0 saturated carbocycles. The molecular formula is C14H17N3O4. The highest BCUT2D eigenvalue weighted by Gasteiger charge is 2.19. The number of nitrogens with zero attached hydrogens (tertiary/aromatic N) is 3. The fourth-order valence-electron chi connectivity index (χ4n) is 2.01. The second-order valence-electron chi connectivity index (χ2n) is 4.36. The first-order chi connectivity index (χ1) is 10.1. The molecule has 7 nitrogen and oxygen atoms in total. The normalized spacial score (nSPS) is 12.6. The number of likely N-dealkylation sites (N-methyl/N-ethyl adjacent to an activating group) is 1. The van der Waals surface area contributed by atoms with Crippen molar-refractivity contribution in [2.75, 3.05) is 20.8 Å². The summed E-state index contributed by atoms with van der Waals surface area (Å²) in [6.45, 7) is 2.08. The van der Waals surface area contributed by atoms with Crippen molar-refractivity contribution >= 4 is 23.2 Å². The van der Waals surface area contributed by atoms with Crippen molar-refractivity contribution in [3.05, 3.63) is 30.0 Å². The van der Waals surface area contributed by atoms with E-state index in [-0.39, 0.29) is 5.97 Å². The Bertz CT molecular complexity index is 653. The highest BCUT2D eigenvalue weighted by molar-refractivity contribution is 5.94. The Morgan fingerprint density at radius 3 is 2.90 bits per heavy atom. The van der Waals surface area contributed by atoms with Crippen molar-refractivity contribution in [1.29, 1.82) is 0 Å². The van der Waals surface area contributed by atoms with E-state index in [1.54, 1.807) is 38.4 Å². The molecular weight excluding hydrogens is 274 g/mol. The Balaban J connectivity index is 2.41. The SMILES string of the molecule is CCOC(=O)c1ccc2c(cnn2C(C=O)N(C)OC)c1. The summed E-state index contributed by atoms with van der Waals surface area (Å²) in [5.74, 6) is -0.381. The average molecular weight is 291 g/mol. The third-order valence-corrected chi connectivity index (χ3v) is 3.14. The molecule has 0 aliphatic rings. The van der Waals surface area contributed by atoms with Crippen LogP contribution >= 0.6 is 0 Å². The van der Waals surface area contributed by atoms with E-state index in [0.717, 1.165) is 17.2 Å². The molecule has 112 valence electrons. The smallest absolute Gasteiger partial charge is 0.338 e. The van der Waals surface area contributed by atoms with Crippen LogP contribution in [0.5, 0.6) is 0 Å². The van der Waals surface area contributed by atoms with E-state index in [1.165, 1.54) is 16.9 Å². The second-order valence-corrected chi connectivity index (χ2v) is 4.36. The van der Waals surface area contributed by atoms with E-state index in [1.807, 2.05) is 0 Å². The predicted octanol–water partition coefficient (Wildman–Crippen LogP) is 1.40. The third kappa shape index (κ3) is 2.93. The number of rotatable bonds is 6. The summed E-state index contributed by atoms with van der Waals surface area (Å²) < 4.78 is 6.49. The van der Waals surface area contributed by atoms with Gasteiger partial charge in [0.1, 0.15) is 0 Å². The predicted molar refractivity (Wildman–Crippen MR) is 75.6 cm³/mol. The largest absolute Gasteiger partial charge is 0.462 e. The summed E-state index contributed by atoms with van der Waals surface area (Å²) >= 11 is 0. The maximum Gasteiger partial charge on any atom is 0.338 e. The van der Waals surface area contributed by atoms with Gasteiger partial charge in [0, 0.05) is 12.4 Å². The summed E-state index contributed by atoms with van der Waals surface area (Å²) in [4.78, 5) is 28.0. The fraction of sp³-hybridized carbons (Fsp3) is 0.357. The lowest BCUT2D eigenvalue weighted by Crippen LogP contribution is -2.30. The Kier molecular flexibility index (Phi) is 4.66. The molecule has 0 fully saturated rings. The van der Waals surface area contributed by atoms with Gasteiger partial charge in [0.2, 0.25) is 0 Å². The van der Waals surface area contributed by atoms with Crippen LogP contribution in [-0.4, -0.2) is 47.9 Å². The summed E-state index contributed by atoms with van der Waals surface area (Å²) in [5, 5.41) is 6.33. The number of hydroxylamine groups is 2. The van der Waals surface area contributed by atoms with Gasteiger partial charge in [-0.15, -0.1) is 0 Å². The molecule has 0 aliphatic carbocycles. The molecule has 1 aromatic carbocycles. The van der Waals surface area contributed by atoms with Crippen molar-refractivity contribution in [1.82, 2.24) is 14.8 Å². The molecule has 0 N–H and O–H groups in total. The van der Waals surface area contributed by atoms with E-state index in [2.05, 4.69) is 5.10 Å². The monoisotopic (exact) mass is 291 g/mol. The van der Waals surface area contributed by atoms with Crippen LogP contribution in [0.4, 0.5) is 0 Å². The van der Waals surface area contributed by atoms with Crippen LogP contribution < -0.4 is 0 Å². The van der Waals surface area contributed by atoms with Gasteiger partial charge in [0.05, 0.1) is 31.0 Å². The van der Waals surface area contributed by atoms with Crippen LogP contribution in [0, 0.1) is 0 Å². The highest BCUT2D eigenvalue weighted by atomic mass is 16.7. The number of ether oxygens (including phenoxy) is 1. The van der Waals surface area contributed by atoms with Gasteiger partial charge in [0.25, 0.3) is 0 Å². The van der Waals surface area contributed by atoms with E-state index >= 15 is 0 Å². The number of carbonyl (C=O) groups excluding carboxylic acids is 2. The minimum absolute atomic E-state index is 0.321. The number of hydrogen-bond acceptors (Lipinski definition) is 6.